The Bertz CT molecular complexity index is 1180. The number of rotatable bonds is 5. The summed E-state index contributed by atoms with van der Waals surface area (Å²) in [6, 6.07) is 13.1. The number of halogens is 1. The van der Waals surface area contributed by atoms with Crippen molar-refractivity contribution in [2.24, 2.45) is 0 Å². The van der Waals surface area contributed by atoms with Crippen LogP contribution in [0.5, 0.6) is 0 Å². The number of hydrogen-bond acceptors (Lipinski definition) is 4. The van der Waals surface area contributed by atoms with E-state index in [9.17, 15) is 4.79 Å². The van der Waals surface area contributed by atoms with Crippen LogP contribution in [-0.4, -0.2) is 25.4 Å². The van der Waals surface area contributed by atoms with Crippen LogP contribution in [-0.2, 0) is 11.2 Å². The minimum atomic E-state index is -0.270. The van der Waals surface area contributed by atoms with E-state index in [0.29, 0.717) is 22.9 Å². The number of fused-ring (bicyclic) bond motifs is 1. The van der Waals surface area contributed by atoms with Crippen molar-refractivity contribution in [1.82, 2.24) is 19.5 Å². The van der Waals surface area contributed by atoms with Crippen molar-refractivity contribution in [1.29, 1.82) is 0 Å². The summed E-state index contributed by atoms with van der Waals surface area (Å²) in [5.74, 6) is 0.378. The van der Waals surface area contributed by atoms with Crippen molar-refractivity contribution in [3.05, 3.63) is 90.1 Å². The van der Waals surface area contributed by atoms with Crippen LogP contribution in [0, 0.1) is 0 Å². The van der Waals surface area contributed by atoms with Crippen molar-refractivity contribution in [2.45, 2.75) is 6.42 Å². The van der Waals surface area contributed by atoms with E-state index in [2.05, 4.69) is 21.9 Å². The summed E-state index contributed by atoms with van der Waals surface area (Å²) in [7, 11) is 0. The molecule has 0 unspecified atom stereocenters. The van der Waals surface area contributed by atoms with E-state index in [4.69, 9.17) is 16.6 Å². The molecule has 138 valence electrons. The highest BCUT2D eigenvalue weighted by molar-refractivity contribution is 6.30. The highest BCUT2D eigenvalue weighted by atomic mass is 35.5. The van der Waals surface area contributed by atoms with Crippen LogP contribution in [0.1, 0.15) is 11.3 Å². The van der Waals surface area contributed by atoms with Crippen LogP contribution in [0.2, 0.25) is 5.02 Å². The topological polar surface area (TPSA) is 72.7 Å². The van der Waals surface area contributed by atoms with Crippen LogP contribution < -0.4 is 5.32 Å². The second-order valence-corrected chi connectivity index (χ2v) is 6.62. The first-order valence-corrected chi connectivity index (χ1v) is 8.96. The first kappa shape index (κ1) is 17.9. The van der Waals surface area contributed by atoms with E-state index in [1.54, 1.807) is 24.8 Å². The van der Waals surface area contributed by atoms with Crippen molar-refractivity contribution in [3.63, 3.8) is 0 Å². The Kier molecular flexibility index (Phi) is 4.87. The van der Waals surface area contributed by atoms with Gasteiger partial charge in [-0.25, -0.2) is 9.97 Å². The lowest BCUT2D eigenvalue weighted by Crippen LogP contribution is -2.07. The highest BCUT2D eigenvalue weighted by Crippen LogP contribution is 2.21. The lowest BCUT2D eigenvalue weighted by molar-refractivity contribution is -0.111. The Morgan fingerprint density at radius 1 is 1.21 bits per heavy atom. The summed E-state index contributed by atoms with van der Waals surface area (Å²) in [4.78, 5) is 25.0. The molecule has 0 fully saturated rings. The molecule has 0 spiro atoms. The number of anilines is 1. The molecule has 1 amide bonds. The maximum Gasteiger partial charge on any atom is 0.247 e. The van der Waals surface area contributed by atoms with E-state index in [0.717, 1.165) is 22.3 Å². The third kappa shape index (κ3) is 3.77. The predicted molar refractivity (Wildman–Crippen MR) is 110 cm³/mol. The number of aromatic nitrogens is 4. The fourth-order valence-electron chi connectivity index (χ4n) is 2.91. The van der Waals surface area contributed by atoms with Gasteiger partial charge in [-0.05, 0) is 42.0 Å². The van der Waals surface area contributed by atoms with Gasteiger partial charge in [-0.3, -0.25) is 14.3 Å². The number of nitrogens with one attached hydrogen (secondary N) is 1. The minimum absolute atomic E-state index is 0.270. The number of carbonyl (C=O) groups is 1. The molecule has 7 heteroatoms. The standard InChI is InChI=1S/C21H16ClN5O/c1-2-21(28)26-16-6-7-18-19(10-16)27(13-24-18)20-12-23-11-17(25-20)9-14-4-3-5-15(22)8-14/h2-8,10-13H,1,9H2,(H,26,28). The van der Waals surface area contributed by atoms with Crippen molar-refractivity contribution < 1.29 is 4.79 Å². The molecule has 4 aromatic rings. The molecular weight excluding hydrogens is 374 g/mol. The normalized spacial score (nSPS) is 10.8. The van der Waals surface area contributed by atoms with Crippen LogP contribution in [0.4, 0.5) is 5.69 Å². The molecule has 0 aliphatic carbocycles. The SMILES string of the molecule is C=CC(=O)Nc1ccc2ncn(-c3cncc(Cc4cccc(Cl)c4)n3)c2c1. The van der Waals surface area contributed by atoms with Gasteiger partial charge < -0.3 is 5.32 Å². The summed E-state index contributed by atoms with van der Waals surface area (Å²) in [6.45, 7) is 3.47. The fourth-order valence-corrected chi connectivity index (χ4v) is 3.13. The maximum absolute atomic E-state index is 11.6. The molecule has 4 rings (SSSR count). The molecule has 2 heterocycles. The summed E-state index contributed by atoms with van der Waals surface area (Å²) in [6.07, 6.45) is 6.95. The van der Waals surface area contributed by atoms with Gasteiger partial charge in [-0.2, -0.15) is 0 Å². The molecule has 0 bridgehead atoms. The number of nitrogens with zero attached hydrogens (tertiary/aromatic N) is 4. The van der Waals surface area contributed by atoms with Crippen molar-refractivity contribution in [2.75, 3.05) is 5.32 Å². The first-order valence-electron chi connectivity index (χ1n) is 8.58. The maximum atomic E-state index is 11.6. The monoisotopic (exact) mass is 389 g/mol. The Labute approximate surface area is 166 Å². The number of amides is 1. The van der Waals surface area contributed by atoms with Crippen LogP contribution >= 0.6 is 11.6 Å². The van der Waals surface area contributed by atoms with Gasteiger partial charge in [0.25, 0.3) is 0 Å². The summed E-state index contributed by atoms with van der Waals surface area (Å²) in [5.41, 5.74) is 4.14. The van der Waals surface area contributed by atoms with Gasteiger partial charge in [0.15, 0.2) is 5.82 Å². The van der Waals surface area contributed by atoms with Gasteiger partial charge in [0, 0.05) is 23.3 Å². The molecule has 6 nitrogen and oxygen atoms in total. The third-order valence-electron chi connectivity index (χ3n) is 4.19. The van der Waals surface area contributed by atoms with Crippen LogP contribution in [0.3, 0.4) is 0 Å². The zero-order valence-electron chi connectivity index (χ0n) is 14.8. The molecule has 2 aromatic heterocycles. The minimum Gasteiger partial charge on any atom is -0.322 e. The van der Waals surface area contributed by atoms with E-state index in [-0.39, 0.29) is 5.91 Å². The largest absolute Gasteiger partial charge is 0.322 e. The van der Waals surface area contributed by atoms with E-state index in [1.165, 1.54) is 6.08 Å². The van der Waals surface area contributed by atoms with Gasteiger partial charge in [0.1, 0.15) is 6.33 Å². The third-order valence-corrected chi connectivity index (χ3v) is 4.43. The molecular formula is C21H16ClN5O. The summed E-state index contributed by atoms with van der Waals surface area (Å²) < 4.78 is 1.84. The molecule has 0 atom stereocenters. The van der Waals surface area contributed by atoms with Crippen molar-refractivity contribution in [3.8, 4) is 5.82 Å². The van der Waals surface area contributed by atoms with E-state index in [1.807, 2.05) is 41.0 Å². The number of imidazole rings is 1. The molecule has 1 N–H and O–H groups in total. The molecule has 0 aliphatic rings. The molecule has 0 aliphatic heterocycles. The fraction of sp³-hybridized carbons (Fsp3) is 0.0476. The zero-order valence-corrected chi connectivity index (χ0v) is 15.6. The van der Waals surface area contributed by atoms with Crippen molar-refractivity contribution >= 4 is 34.2 Å². The quantitative estimate of drug-likeness (QED) is 0.519. The Morgan fingerprint density at radius 2 is 2.11 bits per heavy atom. The smallest absolute Gasteiger partial charge is 0.247 e. The van der Waals surface area contributed by atoms with Gasteiger partial charge >= 0.3 is 0 Å². The Morgan fingerprint density at radius 3 is 2.93 bits per heavy atom. The number of hydrogen-bond donors (Lipinski definition) is 1. The molecule has 0 saturated heterocycles. The van der Waals surface area contributed by atoms with Crippen LogP contribution in [0.15, 0.2) is 73.8 Å². The second kappa shape index (κ2) is 7.62. The van der Waals surface area contributed by atoms with Gasteiger partial charge in [-0.1, -0.05) is 30.3 Å². The average Bonchev–Trinajstić information content (AvgIpc) is 3.11. The van der Waals surface area contributed by atoms with Gasteiger partial charge in [-0.15, -0.1) is 0 Å². The lowest BCUT2D eigenvalue weighted by Gasteiger charge is -2.07. The number of benzene rings is 2. The Balaban J connectivity index is 1.68. The molecule has 0 saturated carbocycles. The average molecular weight is 390 g/mol. The van der Waals surface area contributed by atoms with E-state index < -0.39 is 0 Å². The molecule has 2 aromatic carbocycles. The highest BCUT2D eigenvalue weighted by Gasteiger charge is 2.09. The summed E-state index contributed by atoms with van der Waals surface area (Å²) in [5, 5.41) is 3.45. The van der Waals surface area contributed by atoms with E-state index >= 15 is 0 Å². The second-order valence-electron chi connectivity index (χ2n) is 6.19. The zero-order chi connectivity index (χ0) is 19.5. The number of carbonyl (C=O) groups excluding carboxylic acids is 1. The predicted octanol–water partition coefficient (Wildman–Crippen LogP) is 4.18. The summed E-state index contributed by atoms with van der Waals surface area (Å²) >= 11 is 6.07. The lowest BCUT2D eigenvalue weighted by atomic mass is 10.1. The Hall–Kier alpha value is -3.51. The van der Waals surface area contributed by atoms with Gasteiger partial charge in [0.05, 0.1) is 22.9 Å². The molecule has 0 radical (unpaired) electrons. The van der Waals surface area contributed by atoms with Crippen LogP contribution in [0.25, 0.3) is 16.9 Å². The molecule has 28 heavy (non-hydrogen) atoms. The first-order chi connectivity index (χ1) is 13.6. The van der Waals surface area contributed by atoms with Gasteiger partial charge in [0.2, 0.25) is 5.91 Å².